The van der Waals surface area contributed by atoms with Crippen molar-refractivity contribution in [2.24, 2.45) is 0 Å². The minimum Gasteiger partial charge on any atom is -0.490 e. The molecule has 9 heteroatoms. The van der Waals surface area contributed by atoms with Gasteiger partial charge in [-0.05, 0) is 45.4 Å². The molecular formula is C19H25N3O6. The van der Waals surface area contributed by atoms with Gasteiger partial charge < -0.3 is 24.6 Å². The van der Waals surface area contributed by atoms with E-state index in [0.717, 1.165) is 10.9 Å². The molecule has 1 aromatic heterocycles. The molecule has 1 aromatic carbocycles. The minimum atomic E-state index is -1.38. The molecule has 1 saturated heterocycles. The second-order valence-corrected chi connectivity index (χ2v) is 7.86. The number of aliphatic hydroxyl groups is 1. The molecule has 2 heterocycles. The fourth-order valence-electron chi connectivity index (χ4n) is 3.04. The fraction of sp³-hybridized carbons (Fsp3) is 0.526. The minimum absolute atomic E-state index is 0.00172. The fourth-order valence-corrected chi connectivity index (χ4v) is 3.04. The van der Waals surface area contributed by atoms with Gasteiger partial charge in [-0.1, -0.05) is 0 Å². The van der Waals surface area contributed by atoms with Gasteiger partial charge >= 0.3 is 12.1 Å². The summed E-state index contributed by atoms with van der Waals surface area (Å²) >= 11 is 0. The molecule has 0 saturated carbocycles. The van der Waals surface area contributed by atoms with Gasteiger partial charge in [0.1, 0.15) is 18.0 Å². The van der Waals surface area contributed by atoms with Crippen LogP contribution in [0.2, 0.25) is 0 Å². The van der Waals surface area contributed by atoms with Crippen molar-refractivity contribution in [1.29, 1.82) is 0 Å². The molecule has 1 fully saturated rings. The lowest BCUT2D eigenvalue weighted by atomic mass is 10.2. The Labute approximate surface area is 162 Å². The van der Waals surface area contributed by atoms with Crippen molar-refractivity contribution >= 4 is 23.0 Å². The average molecular weight is 391 g/mol. The summed E-state index contributed by atoms with van der Waals surface area (Å²) in [5, 5.41) is 24.3. The van der Waals surface area contributed by atoms with Gasteiger partial charge in [0, 0.05) is 24.7 Å². The van der Waals surface area contributed by atoms with E-state index in [0.29, 0.717) is 25.3 Å². The number of carbonyl (C=O) groups is 2. The van der Waals surface area contributed by atoms with Crippen LogP contribution in [0.5, 0.6) is 5.75 Å². The number of carboxylic acid groups (broad SMARTS) is 1. The van der Waals surface area contributed by atoms with Crippen LogP contribution < -0.4 is 4.74 Å². The van der Waals surface area contributed by atoms with E-state index in [1.807, 2.05) is 6.20 Å². The first kappa shape index (κ1) is 19.9. The summed E-state index contributed by atoms with van der Waals surface area (Å²) in [4.78, 5) is 24.3. The summed E-state index contributed by atoms with van der Waals surface area (Å²) in [5.41, 5.74) is 0.0796. The highest BCUT2D eigenvalue weighted by molar-refractivity contribution is 5.79. The number of aromatic nitrogens is 2. The highest BCUT2D eigenvalue weighted by Crippen LogP contribution is 2.26. The highest BCUT2D eigenvalue weighted by atomic mass is 16.6. The topological polar surface area (TPSA) is 114 Å². The summed E-state index contributed by atoms with van der Waals surface area (Å²) in [5.74, 6) is -0.237. The highest BCUT2D eigenvalue weighted by Gasteiger charge is 2.28. The SMILES string of the molecule is CC(C)(C)OC(=O)C(O)COc1ccc2nn([C@@H]3CCN(C(=O)O)C3)cc2c1. The van der Waals surface area contributed by atoms with Crippen LogP contribution in [-0.2, 0) is 9.53 Å². The number of esters is 1. The summed E-state index contributed by atoms with van der Waals surface area (Å²) in [6, 6.07) is 5.26. The van der Waals surface area contributed by atoms with Crippen LogP contribution in [-0.4, -0.2) is 68.4 Å². The smallest absolute Gasteiger partial charge is 0.407 e. The van der Waals surface area contributed by atoms with Gasteiger partial charge in [-0.3, -0.25) is 4.68 Å². The first-order valence-corrected chi connectivity index (χ1v) is 9.13. The molecule has 0 aliphatic carbocycles. The zero-order valence-corrected chi connectivity index (χ0v) is 16.2. The van der Waals surface area contributed by atoms with E-state index >= 15 is 0 Å². The van der Waals surface area contributed by atoms with E-state index < -0.39 is 23.8 Å². The van der Waals surface area contributed by atoms with Gasteiger partial charge in [-0.25, -0.2) is 9.59 Å². The van der Waals surface area contributed by atoms with Crippen LogP contribution in [0, 0.1) is 0 Å². The standard InChI is InChI=1S/C19H25N3O6/c1-19(2,3)28-17(24)16(23)11-27-14-4-5-15-12(8-14)9-22(20-15)13-6-7-21(10-13)18(25)26/h4-5,8-9,13,16,23H,6-7,10-11H2,1-3H3,(H,25,26)/t13-,16?/m1/s1. The maximum atomic E-state index is 11.8. The monoisotopic (exact) mass is 391 g/mol. The maximum Gasteiger partial charge on any atom is 0.407 e. The maximum absolute atomic E-state index is 11.8. The van der Waals surface area contributed by atoms with Gasteiger partial charge in [0.25, 0.3) is 0 Å². The van der Waals surface area contributed by atoms with E-state index in [-0.39, 0.29) is 12.6 Å². The van der Waals surface area contributed by atoms with Crippen molar-refractivity contribution in [3.05, 3.63) is 24.4 Å². The number of rotatable bonds is 5. The molecule has 3 rings (SSSR count). The third kappa shape index (κ3) is 4.72. The Morgan fingerprint density at radius 2 is 2.11 bits per heavy atom. The summed E-state index contributed by atoms with van der Waals surface area (Å²) in [6.45, 7) is 5.87. The quantitative estimate of drug-likeness (QED) is 0.750. The van der Waals surface area contributed by atoms with Crippen molar-refractivity contribution in [3.8, 4) is 5.75 Å². The van der Waals surface area contributed by atoms with Crippen LogP contribution in [0.15, 0.2) is 24.4 Å². The molecule has 9 nitrogen and oxygen atoms in total. The Hall–Kier alpha value is -2.81. The number of amides is 1. The molecule has 152 valence electrons. The predicted octanol–water partition coefficient (Wildman–Crippen LogP) is 2.04. The molecule has 2 N–H and O–H groups in total. The van der Waals surface area contributed by atoms with Crippen LogP contribution in [0.1, 0.15) is 33.2 Å². The van der Waals surface area contributed by atoms with E-state index in [1.54, 1.807) is 43.7 Å². The van der Waals surface area contributed by atoms with Crippen molar-refractivity contribution in [3.63, 3.8) is 0 Å². The molecule has 1 aliphatic rings. The van der Waals surface area contributed by atoms with Crippen LogP contribution in [0.4, 0.5) is 4.79 Å². The molecule has 2 aromatic rings. The molecule has 0 bridgehead atoms. The van der Waals surface area contributed by atoms with Crippen molar-refractivity contribution in [1.82, 2.24) is 14.7 Å². The number of hydrogen-bond acceptors (Lipinski definition) is 6. The molecule has 1 unspecified atom stereocenters. The normalized spacial score (nSPS) is 18.3. The van der Waals surface area contributed by atoms with Crippen molar-refractivity contribution in [2.75, 3.05) is 19.7 Å². The Bertz CT molecular complexity index is 872. The lowest BCUT2D eigenvalue weighted by Gasteiger charge is -2.21. The lowest BCUT2D eigenvalue weighted by molar-refractivity contribution is -0.166. The lowest BCUT2D eigenvalue weighted by Crippen LogP contribution is -2.35. The molecule has 1 amide bonds. The number of carbonyl (C=O) groups excluding carboxylic acids is 1. The van der Waals surface area contributed by atoms with Crippen LogP contribution in [0.25, 0.3) is 10.9 Å². The molecule has 2 atom stereocenters. The van der Waals surface area contributed by atoms with E-state index in [1.165, 1.54) is 4.90 Å². The number of likely N-dealkylation sites (tertiary alicyclic amines) is 1. The average Bonchev–Trinajstić information content (AvgIpc) is 3.24. The summed E-state index contributed by atoms with van der Waals surface area (Å²) in [7, 11) is 0. The van der Waals surface area contributed by atoms with E-state index in [4.69, 9.17) is 14.6 Å². The number of hydrogen-bond donors (Lipinski definition) is 2. The van der Waals surface area contributed by atoms with E-state index in [2.05, 4.69) is 5.10 Å². The molecule has 1 aliphatic heterocycles. The van der Waals surface area contributed by atoms with Gasteiger partial charge in [0.15, 0.2) is 6.10 Å². The van der Waals surface area contributed by atoms with Gasteiger partial charge in [-0.2, -0.15) is 5.10 Å². The largest absolute Gasteiger partial charge is 0.490 e. The summed E-state index contributed by atoms with van der Waals surface area (Å²) < 4.78 is 12.4. The van der Waals surface area contributed by atoms with E-state index in [9.17, 15) is 14.7 Å². The molecule has 0 spiro atoms. The first-order chi connectivity index (χ1) is 13.1. The predicted molar refractivity (Wildman–Crippen MR) is 100 cm³/mol. The third-order valence-electron chi connectivity index (χ3n) is 4.39. The first-order valence-electron chi connectivity index (χ1n) is 9.13. The molecule has 0 radical (unpaired) electrons. The van der Waals surface area contributed by atoms with Crippen LogP contribution >= 0.6 is 0 Å². The van der Waals surface area contributed by atoms with Gasteiger partial charge in [0.05, 0.1) is 11.6 Å². The third-order valence-corrected chi connectivity index (χ3v) is 4.39. The Kier molecular flexibility index (Phi) is 5.46. The Morgan fingerprint density at radius 3 is 2.75 bits per heavy atom. The second kappa shape index (κ2) is 7.67. The Morgan fingerprint density at radius 1 is 1.36 bits per heavy atom. The number of ether oxygens (including phenoxy) is 2. The zero-order valence-electron chi connectivity index (χ0n) is 16.2. The number of aliphatic hydroxyl groups excluding tert-OH is 1. The molecule has 28 heavy (non-hydrogen) atoms. The number of nitrogens with zero attached hydrogens (tertiary/aromatic N) is 3. The van der Waals surface area contributed by atoms with Crippen molar-refractivity contribution in [2.45, 2.75) is 44.9 Å². The van der Waals surface area contributed by atoms with Crippen LogP contribution in [0.3, 0.4) is 0 Å². The molecular weight excluding hydrogens is 366 g/mol. The zero-order chi connectivity index (χ0) is 20.5. The number of fused-ring (bicyclic) bond motifs is 1. The summed E-state index contributed by atoms with van der Waals surface area (Å²) in [6.07, 6.45) is 0.269. The number of benzene rings is 1. The van der Waals surface area contributed by atoms with Crippen molar-refractivity contribution < 1.29 is 29.3 Å². The van der Waals surface area contributed by atoms with Gasteiger partial charge in [-0.15, -0.1) is 0 Å². The second-order valence-electron chi connectivity index (χ2n) is 7.86. The Balaban J connectivity index is 1.63. The van der Waals surface area contributed by atoms with Gasteiger partial charge in [0.2, 0.25) is 0 Å².